The molecule has 2 aromatic rings. The molecule has 0 atom stereocenters. The zero-order chi connectivity index (χ0) is 15.4. The first-order valence-corrected chi connectivity index (χ1v) is 7.70. The largest absolute Gasteiger partial charge is 0.481 e. The van der Waals surface area contributed by atoms with Crippen LogP contribution in [0.4, 0.5) is 15.7 Å². The van der Waals surface area contributed by atoms with Gasteiger partial charge in [-0.15, -0.1) is 11.3 Å². The van der Waals surface area contributed by atoms with Crippen LogP contribution in [0.5, 0.6) is 5.88 Å². The lowest BCUT2D eigenvalue weighted by molar-refractivity contribution is 0.208. The van der Waals surface area contributed by atoms with E-state index in [0.717, 1.165) is 18.2 Å². The molecule has 1 aliphatic rings. The zero-order valence-electron chi connectivity index (χ0n) is 12.1. The van der Waals surface area contributed by atoms with Crippen molar-refractivity contribution in [2.45, 2.75) is 0 Å². The van der Waals surface area contributed by atoms with Crippen LogP contribution in [0.2, 0.25) is 0 Å². The number of anilines is 2. The Bertz CT molecular complexity index is 627. The number of methoxy groups -OCH3 is 1. The average molecular weight is 320 g/mol. The third-order valence-electron chi connectivity index (χ3n) is 3.34. The Morgan fingerprint density at radius 2 is 2.09 bits per heavy atom. The maximum Gasteiger partial charge on any atom is 0.323 e. The lowest BCUT2D eigenvalue weighted by Gasteiger charge is -2.34. The minimum absolute atomic E-state index is 0.167. The summed E-state index contributed by atoms with van der Waals surface area (Å²) in [6.45, 7) is 2.84. The Balaban J connectivity index is 1.55. The number of thiazole rings is 1. The smallest absolute Gasteiger partial charge is 0.323 e. The summed E-state index contributed by atoms with van der Waals surface area (Å²) in [7, 11) is 1.52. The molecule has 1 fully saturated rings. The van der Waals surface area contributed by atoms with Crippen LogP contribution in [0.25, 0.3) is 0 Å². The molecule has 1 N–H and O–H groups in total. The number of hydrogen-bond donors (Lipinski definition) is 1. The fraction of sp³-hybridized carbons (Fsp3) is 0.385. The summed E-state index contributed by atoms with van der Waals surface area (Å²) in [5, 5.41) is 5.72. The second-order valence-electron chi connectivity index (χ2n) is 4.66. The number of nitrogens with one attached hydrogen (secondary N) is 1. The van der Waals surface area contributed by atoms with Crippen LogP contribution in [-0.2, 0) is 0 Å². The second-order valence-corrected chi connectivity index (χ2v) is 5.54. The normalized spacial score (nSPS) is 14.8. The lowest BCUT2D eigenvalue weighted by Crippen LogP contribution is -2.50. The number of rotatable bonds is 3. The average Bonchev–Trinajstić information content (AvgIpc) is 3.09. The van der Waals surface area contributed by atoms with Crippen molar-refractivity contribution in [3.05, 3.63) is 24.0 Å². The Hall–Kier alpha value is -2.42. The van der Waals surface area contributed by atoms with Crippen molar-refractivity contribution < 1.29 is 9.53 Å². The summed E-state index contributed by atoms with van der Waals surface area (Å²) in [4.78, 5) is 28.4. The summed E-state index contributed by atoms with van der Waals surface area (Å²) >= 11 is 1.61. The first kappa shape index (κ1) is 14.5. The Morgan fingerprint density at radius 1 is 1.27 bits per heavy atom. The van der Waals surface area contributed by atoms with E-state index in [1.54, 1.807) is 28.5 Å². The number of ether oxygens (including phenoxy) is 1. The second kappa shape index (κ2) is 6.56. The van der Waals surface area contributed by atoms with Crippen molar-refractivity contribution in [3.63, 3.8) is 0 Å². The SMILES string of the molecule is COc1cc(NC(=O)N2CCN(c3nccs3)CC2)ncn1. The van der Waals surface area contributed by atoms with Gasteiger partial charge in [-0.2, -0.15) is 0 Å². The van der Waals surface area contributed by atoms with Gasteiger partial charge in [-0.05, 0) is 0 Å². The summed E-state index contributed by atoms with van der Waals surface area (Å²) in [5.74, 6) is 0.845. The molecule has 2 amide bonds. The lowest BCUT2D eigenvalue weighted by atomic mass is 10.3. The van der Waals surface area contributed by atoms with Crippen LogP contribution < -0.4 is 15.0 Å². The van der Waals surface area contributed by atoms with Crippen molar-refractivity contribution in [3.8, 4) is 5.88 Å². The Labute approximate surface area is 131 Å². The molecule has 0 unspecified atom stereocenters. The van der Waals surface area contributed by atoms with Crippen LogP contribution in [0, 0.1) is 0 Å². The number of carbonyl (C=O) groups is 1. The first-order valence-electron chi connectivity index (χ1n) is 6.82. The number of hydrogen-bond acceptors (Lipinski definition) is 7. The van der Waals surface area contributed by atoms with E-state index in [-0.39, 0.29) is 6.03 Å². The molecule has 0 radical (unpaired) electrons. The van der Waals surface area contributed by atoms with E-state index in [1.807, 2.05) is 5.38 Å². The fourth-order valence-corrected chi connectivity index (χ4v) is 2.88. The van der Waals surface area contributed by atoms with E-state index in [1.165, 1.54) is 13.4 Å². The van der Waals surface area contributed by atoms with E-state index in [9.17, 15) is 4.79 Å². The summed E-state index contributed by atoms with van der Waals surface area (Å²) in [6, 6.07) is 1.42. The van der Waals surface area contributed by atoms with Crippen LogP contribution in [-0.4, -0.2) is 59.2 Å². The summed E-state index contributed by atoms with van der Waals surface area (Å²) in [5.41, 5.74) is 0. The van der Waals surface area contributed by atoms with Crippen LogP contribution in [0.1, 0.15) is 0 Å². The first-order chi connectivity index (χ1) is 10.8. The zero-order valence-corrected chi connectivity index (χ0v) is 12.9. The van der Waals surface area contributed by atoms with Gasteiger partial charge in [0.25, 0.3) is 0 Å². The number of piperazine rings is 1. The van der Waals surface area contributed by atoms with Crippen molar-refractivity contribution in [2.75, 3.05) is 43.5 Å². The van der Waals surface area contributed by atoms with E-state index in [4.69, 9.17) is 4.74 Å². The topological polar surface area (TPSA) is 83.5 Å². The molecule has 0 aliphatic carbocycles. The molecule has 3 heterocycles. The van der Waals surface area contributed by atoms with Gasteiger partial charge in [-0.1, -0.05) is 0 Å². The number of carbonyl (C=O) groups excluding carboxylic acids is 1. The van der Waals surface area contributed by atoms with Crippen molar-refractivity contribution in [2.24, 2.45) is 0 Å². The maximum atomic E-state index is 12.2. The predicted octanol–water partition coefficient (Wildman–Crippen LogP) is 1.30. The molecule has 0 saturated carbocycles. The van der Waals surface area contributed by atoms with Gasteiger partial charge in [-0.25, -0.2) is 19.7 Å². The van der Waals surface area contributed by atoms with Gasteiger partial charge in [0.15, 0.2) is 5.13 Å². The highest BCUT2D eigenvalue weighted by molar-refractivity contribution is 7.13. The minimum Gasteiger partial charge on any atom is -0.481 e. The van der Waals surface area contributed by atoms with Crippen molar-refractivity contribution >= 4 is 28.3 Å². The van der Waals surface area contributed by atoms with Gasteiger partial charge in [0.1, 0.15) is 12.1 Å². The monoisotopic (exact) mass is 320 g/mol. The van der Waals surface area contributed by atoms with Crippen LogP contribution >= 0.6 is 11.3 Å². The van der Waals surface area contributed by atoms with E-state index in [0.29, 0.717) is 24.8 Å². The fourth-order valence-electron chi connectivity index (χ4n) is 2.18. The molecular weight excluding hydrogens is 304 g/mol. The molecule has 22 heavy (non-hydrogen) atoms. The third kappa shape index (κ3) is 3.25. The third-order valence-corrected chi connectivity index (χ3v) is 4.18. The number of nitrogens with zero attached hydrogens (tertiary/aromatic N) is 5. The van der Waals surface area contributed by atoms with Gasteiger partial charge in [-0.3, -0.25) is 5.32 Å². The van der Waals surface area contributed by atoms with Crippen molar-refractivity contribution in [1.29, 1.82) is 0 Å². The molecule has 0 aromatic carbocycles. The van der Waals surface area contributed by atoms with Gasteiger partial charge in [0.05, 0.1) is 7.11 Å². The molecule has 1 aliphatic heterocycles. The van der Waals surface area contributed by atoms with Gasteiger partial charge in [0, 0.05) is 43.8 Å². The van der Waals surface area contributed by atoms with E-state index in [2.05, 4.69) is 25.2 Å². The van der Waals surface area contributed by atoms with Crippen molar-refractivity contribution in [1.82, 2.24) is 19.9 Å². The molecule has 1 saturated heterocycles. The highest BCUT2D eigenvalue weighted by Gasteiger charge is 2.22. The molecule has 0 bridgehead atoms. The summed E-state index contributed by atoms with van der Waals surface area (Å²) in [6.07, 6.45) is 3.15. The molecule has 9 heteroatoms. The standard InChI is InChI=1S/C13H16N6O2S/c1-21-11-8-10(15-9-16-11)17-12(20)18-3-5-19(6-4-18)13-14-2-7-22-13/h2,7-9H,3-6H2,1H3,(H,15,16,17,20). The molecule has 3 rings (SSSR count). The van der Waals surface area contributed by atoms with Crippen LogP contribution in [0.15, 0.2) is 24.0 Å². The quantitative estimate of drug-likeness (QED) is 0.917. The molecule has 2 aromatic heterocycles. The number of aromatic nitrogens is 3. The maximum absolute atomic E-state index is 12.2. The Morgan fingerprint density at radius 3 is 2.77 bits per heavy atom. The highest BCUT2D eigenvalue weighted by Crippen LogP contribution is 2.19. The molecule has 8 nitrogen and oxygen atoms in total. The Kier molecular flexibility index (Phi) is 4.33. The highest BCUT2D eigenvalue weighted by atomic mass is 32.1. The number of amides is 2. The molecule has 0 spiro atoms. The minimum atomic E-state index is -0.167. The van der Waals surface area contributed by atoms with Crippen LogP contribution in [0.3, 0.4) is 0 Å². The molecule has 116 valence electrons. The van der Waals surface area contributed by atoms with E-state index >= 15 is 0 Å². The number of urea groups is 1. The molecular formula is C13H16N6O2S. The predicted molar refractivity (Wildman–Crippen MR) is 83.5 cm³/mol. The summed E-state index contributed by atoms with van der Waals surface area (Å²) < 4.78 is 5.01. The van der Waals surface area contributed by atoms with Gasteiger partial charge >= 0.3 is 6.03 Å². The van der Waals surface area contributed by atoms with Gasteiger partial charge in [0.2, 0.25) is 5.88 Å². The van der Waals surface area contributed by atoms with E-state index < -0.39 is 0 Å². The van der Waals surface area contributed by atoms with Gasteiger partial charge < -0.3 is 14.5 Å².